The highest BCUT2D eigenvalue weighted by atomic mass is 16.3. The molecule has 2 unspecified atom stereocenters. The van der Waals surface area contributed by atoms with Gasteiger partial charge in [0.2, 0.25) is 5.91 Å². The third-order valence-electron chi connectivity index (χ3n) is 5.33. The van der Waals surface area contributed by atoms with E-state index in [0.717, 1.165) is 24.4 Å². The van der Waals surface area contributed by atoms with Gasteiger partial charge in [0, 0.05) is 19.0 Å². The highest BCUT2D eigenvalue weighted by Gasteiger charge is 2.41. The van der Waals surface area contributed by atoms with Crippen molar-refractivity contribution in [1.29, 1.82) is 0 Å². The topological polar surface area (TPSA) is 59.5 Å². The monoisotopic (exact) mass is 290 g/mol. The van der Waals surface area contributed by atoms with Crippen LogP contribution in [0.3, 0.4) is 0 Å². The van der Waals surface area contributed by atoms with Crippen LogP contribution in [0.1, 0.15) is 43.6 Å². The zero-order valence-electron chi connectivity index (χ0n) is 13.0. The van der Waals surface area contributed by atoms with Crippen LogP contribution in [-0.2, 0) is 11.3 Å². The molecule has 1 amide bonds. The molecule has 2 N–H and O–H groups in total. The van der Waals surface area contributed by atoms with Crippen molar-refractivity contribution in [3.8, 4) is 0 Å². The Balaban J connectivity index is 1.62. The van der Waals surface area contributed by atoms with Crippen molar-refractivity contribution in [1.82, 2.24) is 4.90 Å². The largest absolute Gasteiger partial charge is 0.464 e. The van der Waals surface area contributed by atoms with Gasteiger partial charge in [0.1, 0.15) is 11.5 Å². The Kier molecular flexibility index (Phi) is 4.07. The first-order valence-corrected chi connectivity index (χ1v) is 8.10. The Morgan fingerprint density at radius 3 is 2.57 bits per heavy atom. The Hall–Kier alpha value is -1.29. The van der Waals surface area contributed by atoms with E-state index in [1.165, 1.54) is 19.3 Å². The van der Waals surface area contributed by atoms with Crippen molar-refractivity contribution < 1.29 is 9.21 Å². The van der Waals surface area contributed by atoms with Gasteiger partial charge < -0.3 is 15.1 Å². The van der Waals surface area contributed by atoms with E-state index in [4.69, 9.17) is 10.2 Å². The lowest BCUT2D eigenvalue weighted by Gasteiger charge is -2.44. The number of nitrogens with zero attached hydrogens (tertiary/aromatic N) is 1. The average Bonchev–Trinajstić information content (AvgIpc) is 2.83. The summed E-state index contributed by atoms with van der Waals surface area (Å²) in [5.74, 6) is 3.26. The molecule has 4 heteroatoms. The number of hydrogen-bond donors (Lipinski definition) is 1. The van der Waals surface area contributed by atoms with Crippen molar-refractivity contribution >= 4 is 5.91 Å². The fraction of sp³-hybridized carbons (Fsp3) is 0.706. The molecule has 4 nitrogen and oxygen atoms in total. The van der Waals surface area contributed by atoms with Crippen LogP contribution < -0.4 is 5.73 Å². The molecule has 116 valence electrons. The number of nitrogens with two attached hydrogens (primary N) is 1. The zero-order chi connectivity index (χ0) is 15.0. The van der Waals surface area contributed by atoms with Crippen molar-refractivity contribution in [3.63, 3.8) is 0 Å². The van der Waals surface area contributed by atoms with Crippen LogP contribution in [0.2, 0.25) is 0 Å². The molecule has 2 aliphatic carbocycles. The molecule has 2 bridgehead atoms. The van der Waals surface area contributed by atoms with Gasteiger partial charge in [-0.2, -0.15) is 0 Å². The number of hydrogen-bond acceptors (Lipinski definition) is 3. The van der Waals surface area contributed by atoms with Gasteiger partial charge in [-0.15, -0.1) is 0 Å². The second-order valence-electron chi connectivity index (χ2n) is 6.90. The van der Waals surface area contributed by atoms with Crippen LogP contribution in [0.5, 0.6) is 0 Å². The zero-order valence-corrected chi connectivity index (χ0v) is 13.0. The van der Waals surface area contributed by atoms with Gasteiger partial charge in [0.05, 0.1) is 6.54 Å². The second-order valence-corrected chi connectivity index (χ2v) is 6.90. The van der Waals surface area contributed by atoms with Gasteiger partial charge in [0.25, 0.3) is 0 Å². The molecule has 1 heterocycles. The first-order chi connectivity index (χ1) is 10.0. The summed E-state index contributed by atoms with van der Waals surface area (Å²) in [4.78, 5) is 14.5. The summed E-state index contributed by atoms with van der Waals surface area (Å²) < 4.78 is 5.57. The van der Waals surface area contributed by atoms with Crippen molar-refractivity contribution in [2.24, 2.45) is 23.5 Å². The predicted molar refractivity (Wildman–Crippen MR) is 81.4 cm³/mol. The molecule has 1 aromatic rings. The molecular weight excluding hydrogens is 264 g/mol. The molecule has 1 aromatic heterocycles. The molecule has 0 aromatic carbocycles. The van der Waals surface area contributed by atoms with Gasteiger partial charge >= 0.3 is 0 Å². The lowest BCUT2D eigenvalue weighted by Crippen LogP contribution is -2.49. The predicted octanol–water partition coefficient (Wildman–Crippen LogP) is 2.70. The molecular formula is C17H26N2O2. The summed E-state index contributed by atoms with van der Waals surface area (Å²) in [5.41, 5.74) is 6.31. The van der Waals surface area contributed by atoms with E-state index in [1.807, 2.05) is 31.0 Å². The summed E-state index contributed by atoms with van der Waals surface area (Å²) in [5, 5.41) is 0. The maximum Gasteiger partial charge on any atom is 0.225 e. The number of rotatable bonds is 3. The van der Waals surface area contributed by atoms with E-state index in [-0.39, 0.29) is 11.8 Å². The van der Waals surface area contributed by atoms with Crippen LogP contribution in [0.4, 0.5) is 0 Å². The summed E-state index contributed by atoms with van der Waals surface area (Å²) in [6.45, 7) is 2.49. The van der Waals surface area contributed by atoms with Gasteiger partial charge in [0.15, 0.2) is 0 Å². The molecule has 0 spiro atoms. The van der Waals surface area contributed by atoms with Crippen molar-refractivity contribution in [2.75, 3.05) is 7.05 Å². The maximum atomic E-state index is 12.7. The van der Waals surface area contributed by atoms with E-state index in [0.29, 0.717) is 24.4 Å². The average molecular weight is 290 g/mol. The van der Waals surface area contributed by atoms with Crippen molar-refractivity contribution in [2.45, 2.75) is 51.6 Å². The van der Waals surface area contributed by atoms with E-state index >= 15 is 0 Å². The highest BCUT2D eigenvalue weighted by molar-refractivity contribution is 5.78. The number of carbonyl (C=O) groups is 1. The Bertz CT molecular complexity index is 497. The minimum Gasteiger partial charge on any atom is -0.464 e. The van der Waals surface area contributed by atoms with Gasteiger partial charge in [-0.3, -0.25) is 4.79 Å². The fourth-order valence-corrected chi connectivity index (χ4v) is 4.18. The quantitative estimate of drug-likeness (QED) is 0.931. The number of carbonyl (C=O) groups excluding carboxylic acids is 1. The summed E-state index contributed by atoms with van der Waals surface area (Å²) in [6.07, 6.45) is 5.62. The smallest absolute Gasteiger partial charge is 0.225 e. The number of aryl methyl sites for hydroxylation is 1. The number of furan rings is 1. The van der Waals surface area contributed by atoms with Crippen LogP contribution in [0, 0.1) is 24.7 Å². The molecule has 2 saturated carbocycles. The van der Waals surface area contributed by atoms with Crippen LogP contribution in [0.15, 0.2) is 16.5 Å². The van der Waals surface area contributed by atoms with Gasteiger partial charge in [-0.25, -0.2) is 0 Å². The third-order valence-corrected chi connectivity index (χ3v) is 5.33. The van der Waals surface area contributed by atoms with Gasteiger partial charge in [-0.1, -0.05) is 6.42 Å². The first-order valence-electron chi connectivity index (χ1n) is 8.10. The van der Waals surface area contributed by atoms with E-state index in [9.17, 15) is 4.79 Å². The minimum absolute atomic E-state index is 0.154. The van der Waals surface area contributed by atoms with Crippen LogP contribution in [0.25, 0.3) is 0 Å². The van der Waals surface area contributed by atoms with Crippen LogP contribution >= 0.6 is 0 Å². The SMILES string of the molecule is Cc1ccc(CN(C)C(=O)C2CC3CCCC(C2)C3N)o1. The highest BCUT2D eigenvalue weighted by Crippen LogP contribution is 2.42. The lowest BCUT2D eigenvalue weighted by molar-refractivity contribution is -0.138. The Morgan fingerprint density at radius 2 is 2.00 bits per heavy atom. The first kappa shape index (κ1) is 14.6. The van der Waals surface area contributed by atoms with E-state index in [2.05, 4.69) is 0 Å². The molecule has 21 heavy (non-hydrogen) atoms. The minimum atomic E-state index is 0.154. The molecule has 0 saturated heterocycles. The summed E-state index contributed by atoms with van der Waals surface area (Å²) in [6, 6.07) is 4.21. The van der Waals surface area contributed by atoms with E-state index in [1.54, 1.807) is 0 Å². The third kappa shape index (κ3) is 3.00. The fourth-order valence-electron chi connectivity index (χ4n) is 4.18. The van der Waals surface area contributed by atoms with Crippen LogP contribution in [-0.4, -0.2) is 23.9 Å². The lowest BCUT2D eigenvalue weighted by atomic mass is 9.65. The summed E-state index contributed by atoms with van der Waals surface area (Å²) >= 11 is 0. The van der Waals surface area contributed by atoms with E-state index < -0.39 is 0 Å². The maximum absolute atomic E-state index is 12.7. The molecule has 0 aliphatic heterocycles. The Morgan fingerprint density at radius 1 is 1.33 bits per heavy atom. The standard InChI is InChI=1S/C17H26N2O2/c1-11-6-7-15(21-11)10-19(2)17(20)14-8-12-4-3-5-13(9-14)16(12)18/h6-7,12-14,16H,3-5,8-10,18H2,1-2H3. The van der Waals surface area contributed by atoms with Crippen molar-refractivity contribution in [3.05, 3.63) is 23.7 Å². The van der Waals surface area contributed by atoms with Gasteiger partial charge in [-0.05, 0) is 56.6 Å². The molecule has 3 rings (SSSR count). The molecule has 2 atom stereocenters. The molecule has 2 aliphatic rings. The summed E-state index contributed by atoms with van der Waals surface area (Å²) in [7, 11) is 1.88. The second kappa shape index (κ2) is 5.84. The molecule has 2 fully saturated rings. The Labute approximate surface area is 126 Å². The number of amides is 1. The number of fused-ring (bicyclic) bond motifs is 2. The molecule has 0 radical (unpaired) electrons. The normalized spacial score (nSPS) is 32.0.